The molecule has 0 radical (unpaired) electrons. The monoisotopic (exact) mass is 814 g/mol. The number of carboxylic acid groups (broad SMARTS) is 1. The van der Waals surface area contributed by atoms with Crippen molar-refractivity contribution in [1.82, 2.24) is 30.1 Å². The number of likely N-dealkylation sites (N-methyl/N-ethyl adjacent to an activating group) is 1. The maximum atomic E-state index is 14.7. The van der Waals surface area contributed by atoms with E-state index in [4.69, 9.17) is 14.2 Å². The summed E-state index contributed by atoms with van der Waals surface area (Å²) in [6, 6.07) is 2.63. The van der Waals surface area contributed by atoms with Crippen LogP contribution in [0, 0.1) is 11.3 Å². The predicted molar refractivity (Wildman–Crippen MR) is 209 cm³/mol. The second-order valence-corrected chi connectivity index (χ2v) is 18.2. The third-order valence-electron chi connectivity index (χ3n) is 10.9. The van der Waals surface area contributed by atoms with Gasteiger partial charge < -0.3 is 40.2 Å². The molecule has 4 amide bonds. The Balaban J connectivity index is 1.48. The highest BCUT2D eigenvalue weighted by atomic mass is 32.2. The number of esters is 1. The fourth-order valence-electron chi connectivity index (χ4n) is 7.29. The highest BCUT2D eigenvalue weighted by Gasteiger charge is 2.62. The Bertz CT molecular complexity index is 2020. The number of carbonyl (C=O) groups excluding carboxylic acids is 4. The maximum Gasteiger partial charge on any atom is 0.354 e. The molecule has 17 nitrogen and oxygen atoms in total. The summed E-state index contributed by atoms with van der Waals surface area (Å²) < 4.78 is 42.5. The Morgan fingerprint density at radius 2 is 1.88 bits per heavy atom. The first-order valence-electron chi connectivity index (χ1n) is 19.0. The number of pyridine rings is 1. The summed E-state index contributed by atoms with van der Waals surface area (Å²) in [7, 11) is 0.581. The van der Waals surface area contributed by atoms with E-state index in [1.54, 1.807) is 18.2 Å². The van der Waals surface area contributed by atoms with E-state index < -0.39 is 75.0 Å². The van der Waals surface area contributed by atoms with Gasteiger partial charge in [-0.3, -0.25) is 9.59 Å². The van der Waals surface area contributed by atoms with Gasteiger partial charge in [0.25, 0.3) is 0 Å². The average molecular weight is 815 g/mol. The molecule has 0 spiro atoms. The first-order chi connectivity index (χ1) is 26.8. The van der Waals surface area contributed by atoms with Gasteiger partial charge in [0.2, 0.25) is 21.8 Å². The number of amides is 4. The molecular weight excluding hydrogens is 761 g/mol. The van der Waals surface area contributed by atoms with Crippen LogP contribution in [0.15, 0.2) is 36.4 Å². The molecule has 18 heteroatoms. The average Bonchev–Trinajstić information content (AvgIpc) is 3.67. The summed E-state index contributed by atoms with van der Waals surface area (Å²) in [5, 5.41) is 18.9. The van der Waals surface area contributed by atoms with Crippen LogP contribution in [0.1, 0.15) is 76.2 Å². The third kappa shape index (κ3) is 10.1. The van der Waals surface area contributed by atoms with Crippen LogP contribution in [-0.2, 0) is 29.1 Å². The van der Waals surface area contributed by atoms with Gasteiger partial charge in [0.05, 0.1) is 32.5 Å². The Morgan fingerprint density at radius 3 is 2.53 bits per heavy atom. The number of methoxy groups -OCH3 is 2. The van der Waals surface area contributed by atoms with Gasteiger partial charge in [0.1, 0.15) is 35.2 Å². The molecule has 1 aromatic heterocycles. The maximum absolute atomic E-state index is 14.7. The number of hydrogen-bond donors (Lipinski definition) is 4. The van der Waals surface area contributed by atoms with Crippen molar-refractivity contribution in [3.63, 3.8) is 0 Å². The number of ether oxygens (including phenoxy) is 3. The lowest BCUT2D eigenvalue weighted by molar-refractivity contribution is -0.148. The van der Waals surface area contributed by atoms with E-state index in [1.165, 1.54) is 32.2 Å². The summed E-state index contributed by atoms with van der Waals surface area (Å²) in [5.41, 5.74) is -1.87. The lowest BCUT2D eigenvalue weighted by Gasteiger charge is -2.35. The van der Waals surface area contributed by atoms with E-state index in [2.05, 4.69) is 20.9 Å². The zero-order valence-corrected chi connectivity index (χ0v) is 34.3. The lowest BCUT2D eigenvalue weighted by atomic mass is 9.87. The molecule has 1 saturated carbocycles. The molecule has 3 aliphatic rings. The van der Waals surface area contributed by atoms with Crippen molar-refractivity contribution in [2.75, 3.05) is 40.6 Å². The van der Waals surface area contributed by atoms with Gasteiger partial charge in [-0.15, -0.1) is 0 Å². The number of carbonyl (C=O) groups is 5. The molecule has 1 unspecified atom stereocenters. The molecule has 1 saturated heterocycles. The first-order valence-corrected chi connectivity index (χ1v) is 20.9. The topological polar surface area (TPSA) is 223 Å². The Hall–Kier alpha value is -4.97. The number of hydrogen-bond acceptors (Lipinski definition) is 11. The van der Waals surface area contributed by atoms with Crippen molar-refractivity contribution in [2.45, 2.75) is 95.5 Å². The molecule has 2 aliphatic heterocycles. The SMILES string of the molecule is COC(=O)[C@@]12CC1/C=C\CCCCC[C@H](NC(=O)N[C@H](CN(C)S(C)(=O)=O)C(C)(C)C)C(=O)N1C[C@H](Oc3cc(C(=O)O)nc4cc(OC)ccc34)C[C@H]1C(=O)N2. The van der Waals surface area contributed by atoms with E-state index in [9.17, 15) is 37.5 Å². The Labute approximate surface area is 332 Å². The fraction of sp³-hybridized carbons (Fsp3) is 0.590. The van der Waals surface area contributed by atoms with Crippen molar-refractivity contribution < 1.29 is 51.7 Å². The van der Waals surface area contributed by atoms with Crippen LogP contribution in [0.25, 0.3) is 10.9 Å². The van der Waals surface area contributed by atoms with Gasteiger partial charge in [0, 0.05) is 49.5 Å². The van der Waals surface area contributed by atoms with E-state index >= 15 is 0 Å². The molecule has 2 fully saturated rings. The molecule has 1 aliphatic carbocycles. The number of allylic oxidation sites excluding steroid dienone is 1. The molecule has 0 bridgehead atoms. The van der Waals surface area contributed by atoms with Gasteiger partial charge in [-0.1, -0.05) is 45.8 Å². The van der Waals surface area contributed by atoms with E-state index in [-0.39, 0.29) is 43.3 Å². The predicted octanol–water partition coefficient (Wildman–Crippen LogP) is 2.83. The third-order valence-corrected chi connectivity index (χ3v) is 12.2. The van der Waals surface area contributed by atoms with Crippen molar-refractivity contribution in [3.05, 3.63) is 42.1 Å². The Kier molecular flexibility index (Phi) is 13.1. The molecule has 5 rings (SSSR count). The van der Waals surface area contributed by atoms with Crippen LogP contribution < -0.4 is 25.4 Å². The number of aromatic nitrogens is 1. The summed E-state index contributed by atoms with van der Waals surface area (Å²) in [5.74, 6) is -2.75. The van der Waals surface area contributed by atoms with Crippen LogP contribution in [0.3, 0.4) is 0 Å². The van der Waals surface area contributed by atoms with Crippen molar-refractivity contribution in [3.8, 4) is 11.5 Å². The van der Waals surface area contributed by atoms with Gasteiger partial charge >= 0.3 is 18.0 Å². The van der Waals surface area contributed by atoms with Crippen molar-refractivity contribution in [2.24, 2.45) is 11.3 Å². The minimum Gasteiger partial charge on any atom is -0.497 e. The number of carboxylic acids is 1. The number of urea groups is 1. The van der Waals surface area contributed by atoms with Gasteiger partial charge in [-0.2, -0.15) is 0 Å². The number of sulfonamides is 1. The highest BCUT2D eigenvalue weighted by molar-refractivity contribution is 7.88. The second kappa shape index (κ2) is 17.3. The van der Waals surface area contributed by atoms with Gasteiger partial charge in [-0.05, 0) is 43.2 Å². The highest BCUT2D eigenvalue weighted by Crippen LogP contribution is 2.46. The molecule has 6 atom stereocenters. The normalized spacial score (nSPS) is 25.5. The molecular formula is C39H54N6O11S. The smallest absolute Gasteiger partial charge is 0.354 e. The van der Waals surface area contributed by atoms with Crippen LogP contribution in [0.5, 0.6) is 11.5 Å². The molecule has 1 aromatic carbocycles. The van der Waals surface area contributed by atoms with E-state index in [1.807, 2.05) is 32.9 Å². The number of rotatable bonds is 10. The minimum atomic E-state index is -3.56. The van der Waals surface area contributed by atoms with E-state index in [0.29, 0.717) is 35.9 Å². The minimum absolute atomic E-state index is 0.0156. The first kappa shape index (κ1) is 43.2. The number of fused-ring (bicyclic) bond motifs is 3. The number of nitrogens with one attached hydrogen (secondary N) is 3. The zero-order chi connectivity index (χ0) is 41.9. The second-order valence-electron chi connectivity index (χ2n) is 16.1. The summed E-state index contributed by atoms with van der Waals surface area (Å²) >= 11 is 0. The standard InChI is InChI=1S/C39H54N6O11S/c1-38(2,3)32(22-44(4)57(7,52)53)42-37(51)41-27-14-12-10-8-9-11-13-23-20-39(23,36(50)55-6)43-33(46)30-18-25(21-45(30)34(27)47)56-31-19-29(35(48)49)40-28-17-24(54-5)15-16-26(28)31/h11,13,15-17,19,23,25,27,30,32H,8-10,12,14,18,20-22H2,1-7H3,(H,43,46)(H,48,49)(H2,41,42,51)/b13-11-/t23?,25-,27+,30+,32-,39-/m1/s1. The van der Waals surface area contributed by atoms with Crippen LogP contribution in [0.2, 0.25) is 0 Å². The van der Waals surface area contributed by atoms with Crippen molar-refractivity contribution in [1.29, 1.82) is 0 Å². The van der Waals surface area contributed by atoms with Crippen LogP contribution in [-0.4, -0.2) is 128 Å². The summed E-state index contributed by atoms with van der Waals surface area (Å²) in [4.78, 5) is 73.4. The lowest BCUT2D eigenvalue weighted by Crippen LogP contribution is -2.59. The molecule has 4 N–H and O–H groups in total. The van der Waals surface area contributed by atoms with Gasteiger partial charge in [-0.25, -0.2) is 32.1 Å². The molecule has 57 heavy (non-hydrogen) atoms. The molecule has 312 valence electrons. The number of nitrogens with zero attached hydrogens (tertiary/aromatic N) is 3. The quantitative estimate of drug-likeness (QED) is 0.201. The number of aromatic carboxylic acids is 1. The fourth-order valence-corrected chi connectivity index (χ4v) is 7.71. The Morgan fingerprint density at radius 1 is 1.14 bits per heavy atom. The summed E-state index contributed by atoms with van der Waals surface area (Å²) in [6.07, 6.45) is 7.45. The largest absolute Gasteiger partial charge is 0.497 e. The number of benzene rings is 1. The zero-order valence-electron chi connectivity index (χ0n) is 33.5. The summed E-state index contributed by atoms with van der Waals surface area (Å²) in [6.45, 7) is 5.45. The van der Waals surface area contributed by atoms with Crippen molar-refractivity contribution >= 4 is 50.7 Å². The van der Waals surface area contributed by atoms with E-state index in [0.717, 1.165) is 23.4 Å². The van der Waals surface area contributed by atoms with Crippen LogP contribution >= 0.6 is 0 Å². The molecule has 2 aromatic rings. The van der Waals surface area contributed by atoms with Gasteiger partial charge in [0.15, 0.2) is 5.69 Å². The molecule has 3 heterocycles. The van der Waals surface area contributed by atoms with Crippen LogP contribution in [0.4, 0.5) is 4.79 Å².